The number of methoxy groups -OCH3 is 1. The first-order valence-electron chi connectivity index (χ1n) is 9.73. The lowest BCUT2D eigenvalue weighted by Crippen LogP contribution is -2.06. The molecule has 0 saturated heterocycles. The molecule has 0 aliphatic heterocycles. The number of allylic oxidation sites excluding steroid dienone is 3. The number of phenolic OH excluding ortho intramolecular Hbond substituents is 2. The van der Waals surface area contributed by atoms with Crippen LogP contribution < -0.4 is 0 Å². The van der Waals surface area contributed by atoms with E-state index in [1.165, 1.54) is 24.3 Å². The second-order valence-corrected chi connectivity index (χ2v) is 7.59. The zero-order valence-electron chi connectivity index (χ0n) is 17.8. The second kappa shape index (κ2) is 10.0. The third kappa shape index (κ3) is 6.01. The molecule has 2 aromatic rings. The Balaban J connectivity index is 2.00. The van der Waals surface area contributed by atoms with Crippen molar-refractivity contribution >= 4 is 12.0 Å². The second-order valence-electron chi connectivity index (χ2n) is 7.59. The van der Waals surface area contributed by atoms with Crippen LogP contribution in [0.25, 0.3) is 6.08 Å². The topological polar surface area (TPSA) is 79.9 Å². The predicted octanol–water partition coefficient (Wildman–Crippen LogP) is 5.72. The zero-order valence-corrected chi connectivity index (χ0v) is 17.8. The van der Waals surface area contributed by atoms with E-state index >= 15 is 0 Å². The number of ether oxygens (including phenoxy) is 1. The summed E-state index contributed by atoms with van der Waals surface area (Å²) in [7, 11) is 1.26. The van der Waals surface area contributed by atoms with Crippen LogP contribution in [0.5, 0.6) is 11.5 Å². The molecule has 0 atom stereocenters. The lowest BCUT2D eigenvalue weighted by Gasteiger charge is -2.12. The van der Waals surface area contributed by atoms with Crippen LogP contribution in [-0.2, 0) is 17.6 Å². The molecule has 5 heteroatoms. The lowest BCUT2D eigenvalue weighted by atomic mass is 9.98. The minimum absolute atomic E-state index is 0.0260. The molecule has 2 rings (SSSR count). The largest absolute Gasteiger partial charge is 0.508 e. The summed E-state index contributed by atoms with van der Waals surface area (Å²) in [4.78, 5) is 11.9. The first-order valence-corrected chi connectivity index (χ1v) is 9.73. The molecule has 156 valence electrons. The SMILES string of the molecule is COC(=O)c1c(C)cc(O)c(C/C=C(\C)CCCc2coc(C=C(C)C)c2)c1O. The molecule has 0 radical (unpaired) electrons. The summed E-state index contributed by atoms with van der Waals surface area (Å²) in [5, 5.41) is 20.6. The Morgan fingerprint density at radius 3 is 2.59 bits per heavy atom. The number of hydrogen-bond acceptors (Lipinski definition) is 5. The van der Waals surface area contributed by atoms with Crippen molar-refractivity contribution < 1.29 is 24.2 Å². The highest BCUT2D eigenvalue weighted by atomic mass is 16.5. The third-order valence-corrected chi connectivity index (χ3v) is 4.77. The summed E-state index contributed by atoms with van der Waals surface area (Å²) in [5.74, 6) is 0.0130. The molecule has 0 spiro atoms. The van der Waals surface area contributed by atoms with E-state index in [1.54, 1.807) is 13.2 Å². The summed E-state index contributed by atoms with van der Waals surface area (Å²) in [6.45, 7) is 7.74. The molecule has 0 saturated carbocycles. The molecular weight excluding hydrogens is 368 g/mol. The fourth-order valence-electron chi connectivity index (χ4n) is 3.22. The van der Waals surface area contributed by atoms with Gasteiger partial charge in [0.05, 0.1) is 13.4 Å². The molecular formula is C24H30O5. The number of rotatable bonds is 8. The van der Waals surface area contributed by atoms with E-state index < -0.39 is 5.97 Å². The van der Waals surface area contributed by atoms with Crippen LogP contribution in [0, 0.1) is 6.92 Å². The van der Waals surface area contributed by atoms with Crippen LogP contribution in [0.1, 0.15) is 66.4 Å². The standard InChI is InChI=1S/C24H30O5/c1-15(2)11-19-13-18(14-29-19)8-6-7-16(3)9-10-20-21(25)12-17(4)22(23(20)26)24(27)28-5/h9,11-14,25-26H,6-8,10H2,1-5H3/b16-9+. The Morgan fingerprint density at radius 2 is 1.93 bits per heavy atom. The van der Waals surface area contributed by atoms with Crippen LogP contribution in [0.3, 0.4) is 0 Å². The maximum atomic E-state index is 11.9. The van der Waals surface area contributed by atoms with Crippen molar-refractivity contribution in [2.75, 3.05) is 7.11 Å². The quantitative estimate of drug-likeness (QED) is 0.439. The molecule has 0 bridgehead atoms. The zero-order chi connectivity index (χ0) is 21.6. The van der Waals surface area contributed by atoms with Gasteiger partial charge in [-0.3, -0.25) is 0 Å². The van der Waals surface area contributed by atoms with E-state index in [4.69, 9.17) is 9.15 Å². The van der Waals surface area contributed by atoms with Gasteiger partial charge in [0.1, 0.15) is 22.8 Å². The van der Waals surface area contributed by atoms with E-state index in [2.05, 4.69) is 6.07 Å². The highest BCUT2D eigenvalue weighted by Crippen LogP contribution is 2.34. The van der Waals surface area contributed by atoms with E-state index in [1.807, 2.05) is 32.9 Å². The number of aromatic hydroxyl groups is 2. The minimum atomic E-state index is -0.616. The van der Waals surface area contributed by atoms with Gasteiger partial charge in [0.25, 0.3) is 0 Å². The van der Waals surface area contributed by atoms with Gasteiger partial charge in [-0.15, -0.1) is 0 Å². The van der Waals surface area contributed by atoms with Gasteiger partial charge in [0.2, 0.25) is 0 Å². The van der Waals surface area contributed by atoms with Crippen molar-refractivity contribution in [1.29, 1.82) is 0 Å². The van der Waals surface area contributed by atoms with E-state index in [-0.39, 0.29) is 17.1 Å². The van der Waals surface area contributed by atoms with Gasteiger partial charge in [0, 0.05) is 5.56 Å². The highest BCUT2D eigenvalue weighted by Gasteiger charge is 2.20. The van der Waals surface area contributed by atoms with Gasteiger partial charge in [-0.25, -0.2) is 4.79 Å². The molecule has 0 unspecified atom stereocenters. The Bertz CT molecular complexity index is 927. The monoisotopic (exact) mass is 398 g/mol. The fourth-order valence-corrected chi connectivity index (χ4v) is 3.22. The van der Waals surface area contributed by atoms with Crippen LogP contribution in [0.4, 0.5) is 0 Å². The average molecular weight is 398 g/mol. The number of carbonyl (C=O) groups is 1. The number of aryl methyl sites for hydroxylation is 2. The maximum absolute atomic E-state index is 11.9. The Hall–Kier alpha value is -2.95. The molecule has 0 fully saturated rings. The third-order valence-electron chi connectivity index (χ3n) is 4.77. The Labute approximate surface area is 172 Å². The molecule has 1 aromatic heterocycles. The molecule has 0 aliphatic rings. The normalized spacial score (nSPS) is 11.4. The van der Waals surface area contributed by atoms with Crippen molar-refractivity contribution in [1.82, 2.24) is 0 Å². The summed E-state index contributed by atoms with van der Waals surface area (Å²) in [5.41, 5.74) is 4.42. The van der Waals surface area contributed by atoms with Crippen LogP contribution in [-0.4, -0.2) is 23.3 Å². The van der Waals surface area contributed by atoms with E-state index in [0.29, 0.717) is 17.5 Å². The van der Waals surface area contributed by atoms with Crippen LogP contribution in [0.2, 0.25) is 0 Å². The number of furan rings is 1. The number of benzene rings is 1. The molecule has 5 nitrogen and oxygen atoms in total. The van der Waals surface area contributed by atoms with Crippen molar-refractivity contribution in [2.24, 2.45) is 0 Å². The van der Waals surface area contributed by atoms with Gasteiger partial charge < -0.3 is 19.4 Å². The minimum Gasteiger partial charge on any atom is -0.508 e. The molecule has 0 aliphatic carbocycles. The summed E-state index contributed by atoms with van der Waals surface area (Å²) in [6.07, 6.45) is 8.89. The number of phenols is 2. The predicted molar refractivity (Wildman–Crippen MR) is 114 cm³/mol. The summed E-state index contributed by atoms with van der Waals surface area (Å²) >= 11 is 0. The average Bonchev–Trinajstić information content (AvgIpc) is 3.07. The van der Waals surface area contributed by atoms with E-state index in [9.17, 15) is 15.0 Å². The fraction of sp³-hybridized carbons (Fsp3) is 0.375. The first kappa shape index (κ1) is 22.3. The highest BCUT2D eigenvalue weighted by molar-refractivity contribution is 5.95. The molecule has 29 heavy (non-hydrogen) atoms. The van der Waals surface area contributed by atoms with Crippen molar-refractivity contribution in [2.45, 2.75) is 53.4 Å². The number of hydrogen-bond donors (Lipinski definition) is 2. The summed E-state index contributed by atoms with van der Waals surface area (Å²) in [6, 6.07) is 3.54. The maximum Gasteiger partial charge on any atom is 0.341 e. The van der Waals surface area contributed by atoms with Crippen LogP contribution >= 0.6 is 0 Å². The van der Waals surface area contributed by atoms with Crippen molar-refractivity contribution in [3.8, 4) is 11.5 Å². The number of carbonyl (C=O) groups excluding carboxylic acids is 1. The van der Waals surface area contributed by atoms with Gasteiger partial charge in [0.15, 0.2) is 0 Å². The van der Waals surface area contributed by atoms with Gasteiger partial charge in [-0.2, -0.15) is 0 Å². The van der Waals surface area contributed by atoms with Crippen molar-refractivity contribution in [3.05, 3.63) is 63.6 Å². The summed E-state index contributed by atoms with van der Waals surface area (Å²) < 4.78 is 10.3. The smallest absolute Gasteiger partial charge is 0.341 e. The lowest BCUT2D eigenvalue weighted by molar-refractivity contribution is 0.0596. The van der Waals surface area contributed by atoms with Gasteiger partial charge in [-0.05, 0) is 82.7 Å². The first-order chi connectivity index (χ1) is 13.7. The Kier molecular flexibility index (Phi) is 7.71. The van der Waals surface area contributed by atoms with Gasteiger partial charge in [-0.1, -0.05) is 17.2 Å². The molecule has 2 N–H and O–H groups in total. The molecule has 1 heterocycles. The molecule has 1 aromatic carbocycles. The van der Waals surface area contributed by atoms with Crippen molar-refractivity contribution in [3.63, 3.8) is 0 Å². The van der Waals surface area contributed by atoms with Crippen LogP contribution in [0.15, 0.2) is 40.0 Å². The van der Waals surface area contributed by atoms with Gasteiger partial charge >= 0.3 is 5.97 Å². The Morgan fingerprint density at radius 1 is 1.21 bits per heavy atom. The molecule has 0 amide bonds. The number of esters is 1. The van der Waals surface area contributed by atoms with E-state index in [0.717, 1.165) is 30.6 Å².